The molecule has 1 saturated heterocycles. The first-order chi connectivity index (χ1) is 19.5. The molecule has 2 atom stereocenters. The van der Waals surface area contributed by atoms with Crippen LogP contribution in [-0.2, 0) is 26.5 Å². The largest absolute Gasteiger partial charge is 0.378 e. The molecular formula is C36H32O4. The minimum absolute atomic E-state index is 0.639. The lowest BCUT2D eigenvalue weighted by molar-refractivity contribution is -0.193. The Hall–Kier alpha value is -4.06. The Labute approximate surface area is 235 Å². The van der Waals surface area contributed by atoms with Crippen LogP contribution in [0.1, 0.15) is 34.7 Å². The zero-order chi connectivity index (χ0) is 27.6. The summed E-state index contributed by atoms with van der Waals surface area (Å²) in [6.07, 6.45) is -2.04. The van der Waals surface area contributed by atoms with Crippen LogP contribution >= 0.6 is 0 Å². The zero-order valence-electron chi connectivity index (χ0n) is 22.3. The van der Waals surface area contributed by atoms with E-state index in [2.05, 4.69) is 0 Å². The zero-order valence-corrected chi connectivity index (χ0v) is 22.3. The van der Waals surface area contributed by atoms with Gasteiger partial charge in [-0.2, -0.15) is 0 Å². The molecule has 5 aromatic carbocycles. The van der Waals surface area contributed by atoms with E-state index in [0.717, 1.165) is 5.56 Å². The van der Waals surface area contributed by atoms with E-state index in [1.807, 2.05) is 159 Å². The van der Waals surface area contributed by atoms with Gasteiger partial charge in [0, 0.05) is 5.56 Å². The van der Waals surface area contributed by atoms with Gasteiger partial charge in [0.1, 0.15) is 23.4 Å². The quantitative estimate of drug-likeness (QED) is 0.253. The van der Waals surface area contributed by atoms with E-state index in [4.69, 9.17) is 9.47 Å². The molecule has 0 unspecified atom stereocenters. The van der Waals surface area contributed by atoms with Crippen LogP contribution in [0, 0.1) is 0 Å². The highest BCUT2D eigenvalue weighted by Gasteiger charge is 2.62. The maximum Gasteiger partial charge on any atom is 0.193 e. The van der Waals surface area contributed by atoms with Crippen LogP contribution < -0.4 is 0 Å². The summed E-state index contributed by atoms with van der Waals surface area (Å²) < 4.78 is 13.8. The predicted molar refractivity (Wildman–Crippen MR) is 155 cm³/mol. The number of hydrogen-bond acceptors (Lipinski definition) is 4. The molecular weight excluding hydrogens is 496 g/mol. The molecule has 0 radical (unpaired) electrons. The van der Waals surface area contributed by atoms with Crippen molar-refractivity contribution >= 4 is 0 Å². The monoisotopic (exact) mass is 528 g/mol. The van der Waals surface area contributed by atoms with Gasteiger partial charge in [0.25, 0.3) is 0 Å². The molecule has 0 aromatic heterocycles. The Bertz CT molecular complexity index is 1350. The molecule has 2 N–H and O–H groups in total. The van der Waals surface area contributed by atoms with E-state index in [1.165, 1.54) is 0 Å². The summed E-state index contributed by atoms with van der Waals surface area (Å²) in [6.45, 7) is 1.85. The lowest BCUT2D eigenvalue weighted by Crippen LogP contribution is -2.54. The van der Waals surface area contributed by atoms with Crippen molar-refractivity contribution in [2.75, 3.05) is 0 Å². The van der Waals surface area contributed by atoms with Crippen LogP contribution in [0.15, 0.2) is 152 Å². The van der Waals surface area contributed by atoms with Crippen LogP contribution in [0.5, 0.6) is 0 Å². The van der Waals surface area contributed by atoms with Crippen LogP contribution in [-0.4, -0.2) is 22.4 Å². The van der Waals surface area contributed by atoms with Crippen molar-refractivity contribution in [3.05, 3.63) is 179 Å². The molecule has 200 valence electrons. The average Bonchev–Trinajstić information content (AvgIpc) is 3.42. The van der Waals surface area contributed by atoms with Gasteiger partial charge in [0.15, 0.2) is 5.79 Å². The predicted octanol–water partition coefficient (Wildman–Crippen LogP) is 6.52. The summed E-state index contributed by atoms with van der Waals surface area (Å²) in [5, 5.41) is 25.9. The van der Waals surface area contributed by atoms with Gasteiger partial charge in [-0.15, -0.1) is 0 Å². The van der Waals surface area contributed by atoms with Crippen LogP contribution in [0.4, 0.5) is 0 Å². The smallest absolute Gasteiger partial charge is 0.193 e. The van der Waals surface area contributed by atoms with Crippen molar-refractivity contribution in [1.82, 2.24) is 0 Å². The fraction of sp³-hybridized carbons (Fsp3) is 0.167. The molecule has 40 heavy (non-hydrogen) atoms. The minimum Gasteiger partial charge on any atom is -0.378 e. The van der Waals surface area contributed by atoms with E-state index in [9.17, 15) is 10.2 Å². The van der Waals surface area contributed by atoms with E-state index in [0.29, 0.717) is 22.3 Å². The molecule has 1 heterocycles. The molecule has 0 saturated carbocycles. The summed E-state index contributed by atoms with van der Waals surface area (Å²) >= 11 is 0. The van der Waals surface area contributed by atoms with Gasteiger partial charge < -0.3 is 19.7 Å². The second-order valence-corrected chi connectivity index (χ2v) is 10.4. The maximum atomic E-state index is 12.9. The maximum absolute atomic E-state index is 12.9. The van der Waals surface area contributed by atoms with Gasteiger partial charge >= 0.3 is 0 Å². The Balaban J connectivity index is 1.63. The van der Waals surface area contributed by atoms with E-state index in [1.54, 1.807) is 0 Å². The normalized spacial score (nSPS) is 18.9. The third-order valence-electron chi connectivity index (χ3n) is 7.96. The molecule has 1 fully saturated rings. The van der Waals surface area contributed by atoms with Gasteiger partial charge in [-0.3, -0.25) is 0 Å². The molecule has 6 rings (SSSR count). The van der Waals surface area contributed by atoms with Crippen molar-refractivity contribution in [1.29, 1.82) is 0 Å². The Morgan fingerprint density at radius 1 is 0.450 bits per heavy atom. The van der Waals surface area contributed by atoms with Gasteiger partial charge in [0.2, 0.25) is 0 Å². The molecule has 0 spiro atoms. The van der Waals surface area contributed by atoms with E-state index < -0.39 is 29.2 Å². The van der Waals surface area contributed by atoms with Crippen molar-refractivity contribution in [2.45, 2.75) is 36.1 Å². The number of hydrogen-bond donors (Lipinski definition) is 2. The molecule has 0 bridgehead atoms. The van der Waals surface area contributed by atoms with Gasteiger partial charge in [0.05, 0.1) is 0 Å². The first kappa shape index (κ1) is 26.2. The van der Waals surface area contributed by atoms with Crippen molar-refractivity contribution in [3.8, 4) is 0 Å². The Morgan fingerprint density at radius 3 is 0.975 bits per heavy atom. The van der Waals surface area contributed by atoms with Crippen molar-refractivity contribution < 1.29 is 19.7 Å². The highest BCUT2D eigenvalue weighted by atomic mass is 16.8. The summed E-state index contributed by atoms with van der Waals surface area (Å²) in [4.78, 5) is 0. The highest BCUT2D eigenvalue weighted by molar-refractivity contribution is 5.44. The second-order valence-electron chi connectivity index (χ2n) is 10.4. The van der Waals surface area contributed by atoms with E-state index >= 15 is 0 Å². The number of rotatable bonds is 7. The van der Waals surface area contributed by atoms with E-state index in [-0.39, 0.29) is 0 Å². The van der Waals surface area contributed by atoms with Gasteiger partial charge in [-0.1, -0.05) is 152 Å². The van der Waals surface area contributed by atoms with Crippen LogP contribution in [0.2, 0.25) is 0 Å². The molecule has 4 heteroatoms. The summed E-state index contributed by atoms with van der Waals surface area (Å²) in [6, 6.07) is 47.5. The summed E-state index contributed by atoms with van der Waals surface area (Å²) in [7, 11) is 0. The molecule has 1 aliphatic rings. The average molecular weight is 529 g/mol. The van der Waals surface area contributed by atoms with Crippen LogP contribution in [0.3, 0.4) is 0 Å². The molecule has 1 aliphatic heterocycles. The van der Waals surface area contributed by atoms with Crippen molar-refractivity contribution in [3.63, 3.8) is 0 Å². The molecule has 4 nitrogen and oxygen atoms in total. The topological polar surface area (TPSA) is 58.9 Å². The second kappa shape index (κ2) is 10.5. The lowest BCUT2D eigenvalue weighted by atomic mass is 9.72. The van der Waals surface area contributed by atoms with Crippen LogP contribution in [0.25, 0.3) is 0 Å². The third-order valence-corrected chi connectivity index (χ3v) is 7.96. The first-order valence-corrected chi connectivity index (χ1v) is 13.5. The number of benzene rings is 5. The molecule has 0 aliphatic carbocycles. The summed E-state index contributed by atoms with van der Waals surface area (Å²) in [5.41, 5.74) is 0.00549. The first-order valence-electron chi connectivity index (χ1n) is 13.5. The Morgan fingerprint density at radius 2 is 0.700 bits per heavy atom. The van der Waals surface area contributed by atoms with Crippen molar-refractivity contribution in [2.24, 2.45) is 0 Å². The van der Waals surface area contributed by atoms with Gasteiger partial charge in [-0.25, -0.2) is 0 Å². The SMILES string of the molecule is CC1(c2ccccc2)O[C@@H](C(O)(c2ccccc2)c2ccccc2)[C@H](C(O)(c2ccccc2)c2ccccc2)O1. The number of aliphatic hydroxyl groups is 2. The summed E-state index contributed by atoms with van der Waals surface area (Å²) in [5.74, 6) is -1.26. The fourth-order valence-corrected chi connectivity index (χ4v) is 5.88. The van der Waals surface area contributed by atoms with Gasteiger partial charge in [-0.05, 0) is 29.2 Å². The standard InChI is InChI=1S/C36H32O4/c1-34(27-17-7-2-8-18-27)39-32(35(37,28-19-9-3-10-20-28)29-21-11-4-12-22-29)33(40-34)36(38,30-23-13-5-14-24-30)31-25-15-6-16-26-31/h2-26,32-33,37-38H,1H3/t32-,33-/m1/s1. The number of ether oxygens (including phenoxy) is 2. The third kappa shape index (κ3) is 4.36. The lowest BCUT2D eigenvalue weighted by Gasteiger charge is -2.42. The molecule has 0 amide bonds. The highest BCUT2D eigenvalue weighted by Crippen LogP contribution is 2.52. The minimum atomic E-state index is -1.67. The Kier molecular flexibility index (Phi) is 6.87. The fourth-order valence-electron chi connectivity index (χ4n) is 5.88. The molecule has 5 aromatic rings.